The predicted octanol–water partition coefficient (Wildman–Crippen LogP) is -1.86. The van der Waals surface area contributed by atoms with Gasteiger partial charge in [-0.15, -0.1) is 0 Å². The first kappa shape index (κ1) is 6.84. The molecule has 0 bridgehead atoms. The highest BCUT2D eigenvalue weighted by molar-refractivity contribution is 4.28. The molecule has 0 fully saturated rings. The number of hydrogen-bond donors (Lipinski definition) is 3. The topological polar surface area (TPSA) is 63.9 Å². The van der Waals surface area contributed by atoms with E-state index in [9.17, 15) is 0 Å². The second-order valence-electron chi connectivity index (χ2n) is 1.10. The van der Waals surface area contributed by atoms with E-state index in [0.717, 1.165) is 4.90 Å². The Morgan fingerprint density at radius 1 is 0.857 bits per heavy atom. The van der Waals surface area contributed by atoms with Gasteiger partial charge in [-0.25, -0.2) is 4.90 Å². The third-order valence-electron chi connectivity index (χ3n) is 0.600. The zero-order chi connectivity index (χ0) is 5.70. The van der Waals surface area contributed by atoms with Gasteiger partial charge in [0, 0.05) is 0 Å². The lowest BCUT2D eigenvalue weighted by atomic mass is 10.9. The molecular formula is C3H9NO3. The van der Waals surface area contributed by atoms with Gasteiger partial charge < -0.3 is 15.3 Å². The standard InChI is InChI=1S/C3H9NO3/c5-1-4(2-6)3-7/h5-7H,1-3H2. The van der Waals surface area contributed by atoms with Crippen LogP contribution in [0.2, 0.25) is 0 Å². The lowest BCUT2D eigenvalue weighted by molar-refractivity contribution is -0.0268. The Balaban J connectivity index is 2.99. The molecule has 0 saturated carbocycles. The van der Waals surface area contributed by atoms with Crippen molar-refractivity contribution in [2.45, 2.75) is 0 Å². The molecule has 7 heavy (non-hydrogen) atoms. The van der Waals surface area contributed by atoms with Crippen LogP contribution in [0, 0.1) is 0 Å². The van der Waals surface area contributed by atoms with E-state index in [1.807, 2.05) is 0 Å². The van der Waals surface area contributed by atoms with Gasteiger partial charge in [0.2, 0.25) is 0 Å². The Morgan fingerprint density at radius 2 is 1.14 bits per heavy atom. The maximum absolute atomic E-state index is 8.13. The number of hydrogen-bond acceptors (Lipinski definition) is 4. The third kappa shape index (κ3) is 2.52. The monoisotopic (exact) mass is 107 g/mol. The summed E-state index contributed by atoms with van der Waals surface area (Å²) in [7, 11) is 0. The van der Waals surface area contributed by atoms with E-state index in [-0.39, 0.29) is 20.2 Å². The van der Waals surface area contributed by atoms with Crippen LogP contribution in [-0.4, -0.2) is 40.4 Å². The minimum atomic E-state index is -0.312. The first-order valence-electron chi connectivity index (χ1n) is 1.90. The number of nitrogens with zero attached hydrogens (tertiary/aromatic N) is 1. The normalized spacial score (nSPS) is 10.3. The Kier molecular flexibility index (Phi) is 3.92. The van der Waals surface area contributed by atoms with E-state index in [4.69, 9.17) is 15.3 Å². The molecule has 0 aliphatic rings. The van der Waals surface area contributed by atoms with Crippen LogP contribution in [0.4, 0.5) is 0 Å². The van der Waals surface area contributed by atoms with Crippen LogP contribution >= 0.6 is 0 Å². The molecule has 4 nitrogen and oxygen atoms in total. The summed E-state index contributed by atoms with van der Waals surface area (Å²) in [5, 5.41) is 24.4. The lowest BCUT2D eigenvalue weighted by Crippen LogP contribution is -2.26. The number of rotatable bonds is 3. The van der Waals surface area contributed by atoms with E-state index in [1.165, 1.54) is 0 Å². The Morgan fingerprint density at radius 3 is 1.14 bits per heavy atom. The van der Waals surface area contributed by atoms with Crippen LogP contribution in [0.5, 0.6) is 0 Å². The van der Waals surface area contributed by atoms with Crippen molar-refractivity contribution in [1.82, 2.24) is 4.90 Å². The molecule has 0 aromatic heterocycles. The highest BCUT2D eigenvalue weighted by Gasteiger charge is 1.93. The minimum absolute atomic E-state index is 0.312. The first-order valence-corrected chi connectivity index (χ1v) is 1.90. The summed E-state index contributed by atoms with van der Waals surface area (Å²) in [5.74, 6) is 0. The molecule has 0 rings (SSSR count). The van der Waals surface area contributed by atoms with Gasteiger partial charge in [0.25, 0.3) is 0 Å². The minimum Gasteiger partial charge on any atom is -0.381 e. The van der Waals surface area contributed by atoms with Gasteiger partial charge >= 0.3 is 0 Å². The van der Waals surface area contributed by atoms with Crippen LogP contribution in [0.15, 0.2) is 0 Å². The molecule has 3 N–H and O–H groups in total. The highest BCUT2D eigenvalue weighted by atomic mass is 16.3. The molecule has 0 aliphatic heterocycles. The molecule has 0 heterocycles. The fourth-order valence-electron chi connectivity index (χ4n) is 0.134. The van der Waals surface area contributed by atoms with Gasteiger partial charge in [-0.05, 0) is 0 Å². The third-order valence-corrected chi connectivity index (χ3v) is 0.600. The van der Waals surface area contributed by atoms with E-state index in [0.29, 0.717) is 0 Å². The quantitative estimate of drug-likeness (QED) is 0.370. The van der Waals surface area contributed by atoms with Gasteiger partial charge in [0.05, 0.1) is 20.2 Å². The van der Waals surface area contributed by atoms with Crippen molar-refractivity contribution in [3.63, 3.8) is 0 Å². The van der Waals surface area contributed by atoms with Crippen molar-refractivity contribution in [3.8, 4) is 0 Å². The summed E-state index contributed by atoms with van der Waals surface area (Å²) in [4.78, 5) is 1.04. The molecule has 44 valence electrons. The molecular weight excluding hydrogens is 98.0 g/mol. The molecule has 0 radical (unpaired) electrons. The van der Waals surface area contributed by atoms with Crippen LogP contribution < -0.4 is 0 Å². The van der Waals surface area contributed by atoms with Gasteiger partial charge in [0.15, 0.2) is 0 Å². The van der Waals surface area contributed by atoms with Crippen LogP contribution in [-0.2, 0) is 0 Å². The Bertz CT molecular complexity index is 31.7. The van der Waals surface area contributed by atoms with Crippen LogP contribution in [0.3, 0.4) is 0 Å². The average Bonchev–Trinajstić information content (AvgIpc) is 1.72. The SMILES string of the molecule is OCN(CO)CO. The molecule has 0 unspecified atom stereocenters. The first-order chi connectivity index (χ1) is 3.35. The summed E-state index contributed by atoms with van der Waals surface area (Å²) in [6, 6.07) is 0. The molecule has 0 spiro atoms. The summed E-state index contributed by atoms with van der Waals surface area (Å²) in [6.45, 7) is -0.938. The van der Waals surface area contributed by atoms with Crippen LogP contribution in [0.1, 0.15) is 0 Å². The zero-order valence-corrected chi connectivity index (χ0v) is 3.91. The van der Waals surface area contributed by atoms with Gasteiger partial charge in [-0.2, -0.15) is 0 Å². The summed E-state index contributed by atoms with van der Waals surface area (Å²) >= 11 is 0. The van der Waals surface area contributed by atoms with Gasteiger partial charge in [-0.1, -0.05) is 0 Å². The molecule has 0 saturated heterocycles. The second kappa shape index (κ2) is 4.01. The predicted molar refractivity (Wildman–Crippen MR) is 23.1 cm³/mol. The zero-order valence-electron chi connectivity index (χ0n) is 3.91. The maximum atomic E-state index is 8.13. The molecule has 4 heteroatoms. The van der Waals surface area contributed by atoms with Gasteiger partial charge in [0.1, 0.15) is 0 Å². The van der Waals surface area contributed by atoms with Gasteiger partial charge in [-0.3, -0.25) is 0 Å². The summed E-state index contributed by atoms with van der Waals surface area (Å²) < 4.78 is 0. The smallest absolute Gasteiger partial charge is 0.0993 e. The number of aliphatic hydroxyl groups excluding tert-OH is 3. The van der Waals surface area contributed by atoms with E-state index >= 15 is 0 Å². The lowest BCUT2D eigenvalue weighted by Gasteiger charge is -2.09. The van der Waals surface area contributed by atoms with Crippen molar-refractivity contribution < 1.29 is 15.3 Å². The summed E-state index contributed by atoms with van der Waals surface area (Å²) in [6.07, 6.45) is 0. The van der Waals surface area contributed by atoms with Crippen LogP contribution in [0.25, 0.3) is 0 Å². The van der Waals surface area contributed by atoms with Crippen molar-refractivity contribution in [3.05, 3.63) is 0 Å². The Hall–Kier alpha value is -0.160. The van der Waals surface area contributed by atoms with E-state index < -0.39 is 0 Å². The Labute approximate surface area is 41.6 Å². The molecule has 0 aromatic rings. The summed E-state index contributed by atoms with van der Waals surface area (Å²) in [5.41, 5.74) is 0. The van der Waals surface area contributed by atoms with Crippen molar-refractivity contribution in [1.29, 1.82) is 0 Å². The molecule has 0 amide bonds. The molecule has 0 atom stereocenters. The maximum Gasteiger partial charge on any atom is 0.0993 e. The fraction of sp³-hybridized carbons (Fsp3) is 1.00. The van der Waals surface area contributed by atoms with E-state index in [1.54, 1.807) is 0 Å². The molecule has 0 aliphatic carbocycles. The highest BCUT2D eigenvalue weighted by Crippen LogP contribution is 1.75. The fourth-order valence-corrected chi connectivity index (χ4v) is 0.134. The van der Waals surface area contributed by atoms with Crippen molar-refractivity contribution in [2.24, 2.45) is 0 Å². The average molecular weight is 107 g/mol. The van der Waals surface area contributed by atoms with Crippen molar-refractivity contribution >= 4 is 0 Å². The van der Waals surface area contributed by atoms with Crippen molar-refractivity contribution in [2.75, 3.05) is 20.2 Å². The number of aliphatic hydroxyl groups is 3. The van der Waals surface area contributed by atoms with E-state index in [2.05, 4.69) is 0 Å². The molecule has 0 aromatic carbocycles. The largest absolute Gasteiger partial charge is 0.381 e. The second-order valence-corrected chi connectivity index (χ2v) is 1.10.